The lowest BCUT2D eigenvalue weighted by Gasteiger charge is -2.22. The van der Waals surface area contributed by atoms with Crippen LogP contribution >= 0.6 is 0 Å². The number of hydrogen-bond acceptors (Lipinski definition) is 5. The van der Waals surface area contributed by atoms with Gasteiger partial charge in [-0.2, -0.15) is 0 Å². The number of esters is 2. The van der Waals surface area contributed by atoms with E-state index >= 15 is 0 Å². The number of ether oxygens (including phenoxy) is 3. The van der Waals surface area contributed by atoms with E-state index in [0.29, 0.717) is 11.5 Å². The summed E-state index contributed by atoms with van der Waals surface area (Å²) in [5, 5.41) is 0. The summed E-state index contributed by atoms with van der Waals surface area (Å²) in [5.41, 5.74) is 0.794. The Morgan fingerprint density at radius 2 is 1.70 bits per heavy atom. The topological polar surface area (TPSA) is 61.8 Å². The molecule has 0 heterocycles. The highest BCUT2D eigenvalue weighted by Crippen LogP contribution is 2.34. The third kappa shape index (κ3) is 4.26. The highest BCUT2D eigenvalue weighted by atomic mass is 16.6. The van der Waals surface area contributed by atoms with E-state index in [-0.39, 0.29) is 18.0 Å². The van der Waals surface area contributed by atoms with Gasteiger partial charge >= 0.3 is 11.9 Å². The Labute approximate surface area is 118 Å². The van der Waals surface area contributed by atoms with Gasteiger partial charge in [0.25, 0.3) is 0 Å². The van der Waals surface area contributed by atoms with E-state index in [4.69, 9.17) is 14.2 Å². The normalized spacial score (nSPS) is 11.9. The van der Waals surface area contributed by atoms with Gasteiger partial charge in [0.05, 0.1) is 7.11 Å². The molecule has 0 aliphatic heterocycles. The van der Waals surface area contributed by atoms with Crippen molar-refractivity contribution in [2.45, 2.75) is 33.8 Å². The quantitative estimate of drug-likeness (QED) is 0.613. The molecular weight excluding hydrogens is 260 g/mol. The van der Waals surface area contributed by atoms with E-state index in [1.165, 1.54) is 21.0 Å². The maximum Gasteiger partial charge on any atom is 0.308 e. The number of carbonyl (C=O) groups excluding carboxylic acids is 2. The summed E-state index contributed by atoms with van der Waals surface area (Å²) in [6, 6.07) is 5.11. The monoisotopic (exact) mass is 280 g/mol. The van der Waals surface area contributed by atoms with Crippen LogP contribution in [0.4, 0.5) is 0 Å². The van der Waals surface area contributed by atoms with Crippen molar-refractivity contribution in [3.05, 3.63) is 23.8 Å². The van der Waals surface area contributed by atoms with Crippen molar-refractivity contribution in [3.8, 4) is 11.5 Å². The highest BCUT2D eigenvalue weighted by molar-refractivity contribution is 5.70. The van der Waals surface area contributed by atoms with Gasteiger partial charge in [0.15, 0.2) is 11.5 Å². The second kappa shape index (κ2) is 6.93. The van der Waals surface area contributed by atoms with E-state index in [0.717, 1.165) is 5.56 Å². The van der Waals surface area contributed by atoms with Gasteiger partial charge in [-0.05, 0) is 23.6 Å². The molecule has 0 N–H and O–H groups in total. The van der Waals surface area contributed by atoms with Gasteiger partial charge < -0.3 is 14.2 Å². The van der Waals surface area contributed by atoms with Crippen LogP contribution in [0, 0.1) is 5.92 Å². The van der Waals surface area contributed by atoms with Crippen molar-refractivity contribution in [2.24, 2.45) is 5.92 Å². The third-order valence-electron chi connectivity index (χ3n) is 2.67. The smallest absolute Gasteiger partial charge is 0.308 e. The van der Waals surface area contributed by atoms with Crippen LogP contribution in [0.1, 0.15) is 39.4 Å². The van der Waals surface area contributed by atoms with Gasteiger partial charge in [-0.1, -0.05) is 19.9 Å². The third-order valence-corrected chi connectivity index (χ3v) is 2.67. The molecule has 1 rings (SSSR count). The van der Waals surface area contributed by atoms with Crippen LogP contribution in [0.25, 0.3) is 0 Å². The fourth-order valence-electron chi connectivity index (χ4n) is 1.87. The standard InChI is InChI=1S/C15H20O5/c1-9(2)15(20-11(4)17)12-6-7-13(19-10(3)16)14(8-12)18-5/h6-9,15H,1-5H3. The van der Waals surface area contributed by atoms with Crippen molar-refractivity contribution in [1.29, 1.82) is 0 Å². The zero-order chi connectivity index (χ0) is 15.3. The van der Waals surface area contributed by atoms with Crippen molar-refractivity contribution < 1.29 is 23.8 Å². The van der Waals surface area contributed by atoms with Gasteiger partial charge in [-0.15, -0.1) is 0 Å². The molecule has 20 heavy (non-hydrogen) atoms. The number of hydrogen-bond donors (Lipinski definition) is 0. The van der Waals surface area contributed by atoms with Gasteiger partial charge in [-0.25, -0.2) is 0 Å². The molecule has 5 nitrogen and oxygen atoms in total. The fourth-order valence-corrected chi connectivity index (χ4v) is 1.87. The molecule has 1 aromatic rings. The van der Waals surface area contributed by atoms with E-state index in [9.17, 15) is 9.59 Å². The zero-order valence-electron chi connectivity index (χ0n) is 12.4. The van der Waals surface area contributed by atoms with Crippen LogP contribution in [0.3, 0.4) is 0 Å². The molecule has 0 saturated carbocycles. The van der Waals surface area contributed by atoms with Crippen molar-refractivity contribution in [2.75, 3.05) is 7.11 Å². The minimum atomic E-state index is -0.420. The molecule has 110 valence electrons. The molecule has 0 spiro atoms. The molecule has 0 radical (unpaired) electrons. The molecule has 0 fully saturated rings. The van der Waals surface area contributed by atoms with Crippen molar-refractivity contribution in [1.82, 2.24) is 0 Å². The minimum Gasteiger partial charge on any atom is -0.493 e. The molecule has 0 aromatic heterocycles. The van der Waals surface area contributed by atoms with Gasteiger partial charge in [0, 0.05) is 13.8 Å². The van der Waals surface area contributed by atoms with E-state index in [2.05, 4.69) is 0 Å². The van der Waals surface area contributed by atoms with Gasteiger partial charge in [-0.3, -0.25) is 9.59 Å². The predicted molar refractivity (Wildman–Crippen MR) is 73.6 cm³/mol. The number of carbonyl (C=O) groups is 2. The van der Waals surface area contributed by atoms with Crippen LogP contribution in [-0.2, 0) is 14.3 Å². The summed E-state index contributed by atoms with van der Waals surface area (Å²) < 4.78 is 15.6. The number of methoxy groups -OCH3 is 1. The van der Waals surface area contributed by atoms with Crippen LogP contribution in [0.2, 0.25) is 0 Å². The molecule has 0 aliphatic carbocycles. The van der Waals surface area contributed by atoms with Crippen LogP contribution in [-0.4, -0.2) is 19.0 Å². The van der Waals surface area contributed by atoms with Crippen LogP contribution < -0.4 is 9.47 Å². The zero-order valence-corrected chi connectivity index (χ0v) is 12.4. The largest absolute Gasteiger partial charge is 0.493 e. The molecule has 0 amide bonds. The highest BCUT2D eigenvalue weighted by Gasteiger charge is 2.21. The van der Waals surface area contributed by atoms with E-state index in [1.54, 1.807) is 18.2 Å². The molecule has 1 unspecified atom stereocenters. The first-order valence-electron chi connectivity index (χ1n) is 6.38. The molecule has 0 aliphatic rings. The van der Waals surface area contributed by atoms with Gasteiger partial charge in [0.2, 0.25) is 0 Å². The Bertz CT molecular complexity index is 493. The summed E-state index contributed by atoms with van der Waals surface area (Å²) in [7, 11) is 1.49. The maximum atomic E-state index is 11.2. The molecule has 1 atom stereocenters. The van der Waals surface area contributed by atoms with Crippen LogP contribution in [0.15, 0.2) is 18.2 Å². The van der Waals surface area contributed by atoms with E-state index in [1.807, 2.05) is 13.8 Å². The SMILES string of the molecule is COc1cc(C(OC(C)=O)C(C)C)ccc1OC(C)=O. The molecular formula is C15H20O5. The number of benzene rings is 1. The Morgan fingerprint density at radius 1 is 1.05 bits per heavy atom. The lowest BCUT2D eigenvalue weighted by atomic mass is 9.98. The lowest BCUT2D eigenvalue weighted by molar-refractivity contribution is -0.149. The average molecular weight is 280 g/mol. The lowest BCUT2D eigenvalue weighted by Crippen LogP contribution is -2.14. The Kier molecular flexibility index (Phi) is 5.55. The molecule has 0 bridgehead atoms. The molecule has 0 saturated heterocycles. The van der Waals surface area contributed by atoms with E-state index < -0.39 is 5.97 Å². The predicted octanol–water partition coefficient (Wildman–Crippen LogP) is 2.88. The summed E-state index contributed by atoms with van der Waals surface area (Å²) in [6.45, 7) is 6.61. The Morgan fingerprint density at radius 3 is 2.15 bits per heavy atom. The summed E-state index contributed by atoms with van der Waals surface area (Å²) >= 11 is 0. The fraction of sp³-hybridized carbons (Fsp3) is 0.467. The Hall–Kier alpha value is -2.04. The average Bonchev–Trinajstić information content (AvgIpc) is 2.35. The van der Waals surface area contributed by atoms with Crippen molar-refractivity contribution >= 4 is 11.9 Å². The first-order valence-corrected chi connectivity index (χ1v) is 6.38. The molecule has 1 aromatic carbocycles. The Balaban J connectivity index is 3.11. The minimum absolute atomic E-state index is 0.114. The summed E-state index contributed by atoms with van der Waals surface area (Å²) in [5.74, 6) is 0.121. The number of rotatable bonds is 5. The summed E-state index contributed by atoms with van der Waals surface area (Å²) in [6.07, 6.45) is -0.368. The van der Waals surface area contributed by atoms with Crippen LogP contribution in [0.5, 0.6) is 11.5 Å². The molecule has 5 heteroatoms. The first-order chi connectivity index (χ1) is 9.35. The second-order valence-electron chi connectivity index (χ2n) is 4.78. The maximum absolute atomic E-state index is 11.2. The second-order valence-corrected chi connectivity index (χ2v) is 4.78. The van der Waals surface area contributed by atoms with Crippen molar-refractivity contribution in [3.63, 3.8) is 0 Å². The first kappa shape index (κ1) is 16.0. The van der Waals surface area contributed by atoms with Gasteiger partial charge in [0.1, 0.15) is 6.10 Å². The summed E-state index contributed by atoms with van der Waals surface area (Å²) in [4.78, 5) is 22.2.